The number of piperazine rings is 1. The van der Waals surface area contributed by atoms with E-state index in [1.165, 1.54) is 27.0 Å². The Balaban J connectivity index is 1.40. The van der Waals surface area contributed by atoms with Crippen LogP contribution in [0.2, 0.25) is 5.02 Å². The molecule has 5 rings (SSSR count). The van der Waals surface area contributed by atoms with E-state index < -0.39 is 0 Å². The molecule has 1 aliphatic rings. The molecular weight excluding hydrogens is 436 g/mol. The van der Waals surface area contributed by atoms with E-state index in [4.69, 9.17) is 21.6 Å². The number of halogens is 1. The standard InChI is InChI=1S/C26H27ClN4S/c1-18-19(2)32-26-24(18)25(28-23(29-26)16-20-8-4-3-5-9-20)31-14-12-30(13-15-31)17-21-10-6-7-11-22(21)27/h3-11H,12-17H2,1-2H3. The highest BCUT2D eigenvalue weighted by Crippen LogP contribution is 2.35. The molecule has 0 aliphatic carbocycles. The first-order chi connectivity index (χ1) is 15.6. The van der Waals surface area contributed by atoms with Gasteiger partial charge < -0.3 is 4.90 Å². The van der Waals surface area contributed by atoms with Crippen molar-refractivity contribution >= 4 is 39.0 Å². The van der Waals surface area contributed by atoms with Crippen molar-refractivity contribution in [1.29, 1.82) is 0 Å². The third-order valence-electron chi connectivity index (χ3n) is 6.28. The van der Waals surface area contributed by atoms with Crippen LogP contribution in [0.1, 0.15) is 27.4 Å². The molecule has 0 saturated carbocycles. The lowest BCUT2D eigenvalue weighted by molar-refractivity contribution is 0.249. The van der Waals surface area contributed by atoms with Crippen LogP contribution >= 0.6 is 22.9 Å². The Bertz CT molecular complexity index is 1230. The van der Waals surface area contributed by atoms with E-state index in [1.807, 2.05) is 18.2 Å². The maximum absolute atomic E-state index is 6.38. The molecule has 164 valence electrons. The minimum atomic E-state index is 0.756. The third kappa shape index (κ3) is 4.38. The maximum atomic E-state index is 6.38. The Morgan fingerprint density at radius 3 is 2.38 bits per heavy atom. The van der Waals surface area contributed by atoms with Crippen LogP contribution in [-0.2, 0) is 13.0 Å². The van der Waals surface area contributed by atoms with Gasteiger partial charge in [0.25, 0.3) is 0 Å². The van der Waals surface area contributed by atoms with Gasteiger partial charge in [-0.05, 0) is 36.6 Å². The number of thiophene rings is 1. The fourth-order valence-corrected chi connectivity index (χ4v) is 5.58. The van der Waals surface area contributed by atoms with Crippen LogP contribution in [0.4, 0.5) is 5.82 Å². The van der Waals surface area contributed by atoms with E-state index in [-0.39, 0.29) is 0 Å². The Kier molecular flexibility index (Phi) is 6.13. The van der Waals surface area contributed by atoms with Crippen molar-refractivity contribution in [3.05, 3.63) is 87.0 Å². The highest BCUT2D eigenvalue weighted by molar-refractivity contribution is 7.18. The topological polar surface area (TPSA) is 32.3 Å². The Morgan fingerprint density at radius 2 is 1.62 bits per heavy atom. The largest absolute Gasteiger partial charge is 0.353 e. The summed E-state index contributed by atoms with van der Waals surface area (Å²) in [7, 11) is 0. The van der Waals surface area contributed by atoms with Gasteiger partial charge in [0.1, 0.15) is 16.5 Å². The zero-order chi connectivity index (χ0) is 22.1. The smallest absolute Gasteiger partial charge is 0.141 e. The summed E-state index contributed by atoms with van der Waals surface area (Å²) in [4.78, 5) is 17.4. The lowest BCUT2D eigenvalue weighted by Gasteiger charge is -2.36. The summed E-state index contributed by atoms with van der Waals surface area (Å²) in [5.74, 6) is 2.00. The molecule has 0 radical (unpaired) electrons. The molecule has 6 heteroatoms. The number of fused-ring (bicyclic) bond motifs is 1. The second-order valence-electron chi connectivity index (χ2n) is 8.44. The number of hydrogen-bond acceptors (Lipinski definition) is 5. The zero-order valence-corrected chi connectivity index (χ0v) is 20.1. The van der Waals surface area contributed by atoms with Crippen molar-refractivity contribution in [3.63, 3.8) is 0 Å². The predicted molar refractivity (Wildman–Crippen MR) is 135 cm³/mol. The highest BCUT2D eigenvalue weighted by atomic mass is 35.5. The molecule has 4 nitrogen and oxygen atoms in total. The molecule has 3 heterocycles. The fourth-order valence-electron chi connectivity index (χ4n) is 4.34. The molecule has 2 aromatic heterocycles. The van der Waals surface area contributed by atoms with E-state index >= 15 is 0 Å². The molecule has 0 atom stereocenters. The van der Waals surface area contributed by atoms with Crippen molar-refractivity contribution < 1.29 is 0 Å². The minimum absolute atomic E-state index is 0.756. The summed E-state index contributed by atoms with van der Waals surface area (Å²) < 4.78 is 0. The highest BCUT2D eigenvalue weighted by Gasteiger charge is 2.23. The SMILES string of the molecule is Cc1sc2nc(Cc3ccccc3)nc(N3CCN(Cc4ccccc4Cl)CC3)c2c1C. The van der Waals surface area contributed by atoms with E-state index in [1.54, 1.807) is 11.3 Å². The van der Waals surface area contributed by atoms with E-state index in [0.29, 0.717) is 0 Å². The number of aromatic nitrogens is 2. The summed E-state index contributed by atoms with van der Waals surface area (Å²) in [5.41, 5.74) is 3.75. The molecular formula is C26H27ClN4S. The predicted octanol–water partition coefficient (Wildman–Crippen LogP) is 5.87. The fraction of sp³-hybridized carbons (Fsp3) is 0.308. The van der Waals surface area contributed by atoms with E-state index in [2.05, 4.69) is 60.0 Å². The quantitative estimate of drug-likeness (QED) is 0.371. The van der Waals surface area contributed by atoms with Gasteiger partial charge in [0.15, 0.2) is 0 Å². The molecule has 0 N–H and O–H groups in total. The van der Waals surface area contributed by atoms with Crippen LogP contribution in [-0.4, -0.2) is 41.0 Å². The average Bonchev–Trinajstić information content (AvgIpc) is 3.09. The first-order valence-electron chi connectivity index (χ1n) is 11.1. The van der Waals surface area contributed by atoms with Crippen LogP contribution < -0.4 is 4.90 Å². The van der Waals surface area contributed by atoms with Crippen LogP contribution in [0.25, 0.3) is 10.2 Å². The molecule has 4 aromatic rings. The second kappa shape index (κ2) is 9.18. The van der Waals surface area contributed by atoms with Gasteiger partial charge in [-0.2, -0.15) is 0 Å². The van der Waals surface area contributed by atoms with Crippen molar-refractivity contribution in [2.75, 3.05) is 31.1 Å². The first-order valence-corrected chi connectivity index (χ1v) is 12.3. The van der Waals surface area contributed by atoms with Crippen LogP contribution in [0.3, 0.4) is 0 Å². The molecule has 1 aliphatic heterocycles. The molecule has 0 unspecified atom stereocenters. The number of rotatable bonds is 5. The molecule has 1 saturated heterocycles. The second-order valence-corrected chi connectivity index (χ2v) is 10.1. The average molecular weight is 463 g/mol. The van der Waals surface area contributed by atoms with Gasteiger partial charge in [-0.3, -0.25) is 4.90 Å². The maximum Gasteiger partial charge on any atom is 0.141 e. The monoisotopic (exact) mass is 462 g/mol. The van der Waals surface area contributed by atoms with Gasteiger partial charge in [-0.25, -0.2) is 9.97 Å². The van der Waals surface area contributed by atoms with Gasteiger partial charge in [0, 0.05) is 49.0 Å². The summed E-state index contributed by atoms with van der Waals surface area (Å²) in [6, 6.07) is 18.6. The van der Waals surface area contributed by atoms with Gasteiger partial charge in [0.2, 0.25) is 0 Å². The van der Waals surface area contributed by atoms with Crippen LogP contribution in [0.5, 0.6) is 0 Å². The Labute approximate surface area is 198 Å². The van der Waals surface area contributed by atoms with Gasteiger partial charge in [-0.15, -0.1) is 11.3 Å². The summed E-state index contributed by atoms with van der Waals surface area (Å²) >= 11 is 8.17. The summed E-state index contributed by atoms with van der Waals surface area (Å²) in [6.07, 6.45) is 0.756. The Hall–Kier alpha value is -2.47. The van der Waals surface area contributed by atoms with Crippen LogP contribution in [0.15, 0.2) is 54.6 Å². The van der Waals surface area contributed by atoms with Crippen LogP contribution in [0, 0.1) is 13.8 Å². The van der Waals surface area contributed by atoms with Crippen molar-refractivity contribution in [1.82, 2.24) is 14.9 Å². The molecule has 2 aromatic carbocycles. The van der Waals surface area contributed by atoms with Crippen molar-refractivity contribution in [2.45, 2.75) is 26.8 Å². The number of nitrogens with zero attached hydrogens (tertiary/aromatic N) is 4. The summed E-state index contributed by atoms with van der Waals surface area (Å²) in [6.45, 7) is 9.17. The number of anilines is 1. The number of aryl methyl sites for hydroxylation is 2. The van der Waals surface area contributed by atoms with Gasteiger partial charge >= 0.3 is 0 Å². The summed E-state index contributed by atoms with van der Waals surface area (Å²) in [5, 5.41) is 2.08. The van der Waals surface area contributed by atoms with E-state index in [0.717, 1.165) is 60.6 Å². The molecule has 0 spiro atoms. The molecule has 0 amide bonds. The van der Waals surface area contributed by atoms with Gasteiger partial charge in [0.05, 0.1) is 5.39 Å². The van der Waals surface area contributed by atoms with E-state index in [9.17, 15) is 0 Å². The first kappa shape index (κ1) is 21.4. The normalized spacial score (nSPS) is 14.9. The van der Waals surface area contributed by atoms with Gasteiger partial charge in [-0.1, -0.05) is 60.1 Å². The molecule has 1 fully saturated rings. The Morgan fingerprint density at radius 1 is 0.906 bits per heavy atom. The van der Waals surface area contributed by atoms with Crippen molar-refractivity contribution in [3.8, 4) is 0 Å². The third-order valence-corrected chi connectivity index (χ3v) is 7.75. The number of benzene rings is 2. The lowest BCUT2D eigenvalue weighted by Crippen LogP contribution is -2.46. The zero-order valence-electron chi connectivity index (χ0n) is 18.5. The minimum Gasteiger partial charge on any atom is -0.353 e. The molecule has 32 heavy (non-hydrogen) atoms. The number of hydrogen-bond donors (Lipinski definition) is 0. The molecule has 0 bridgehead atoms. The van der Waals surface area contributed by atoms with Crippen molar-refractivity contribution in [2.24, 2.45) is 0 Å². The lowest BCUT2D eigenvalue weighted by atomic mass is 10.1.